The van der Waals surface area contributed by atoms with E-state index in [1.165, 1.54) is 6.42 Å². The van der Waals surface area contributed by atoms with Crippen molar-refractivity contribution in [1.82, 2.24) is 10.2 Å². The van der Waals surface area contributed by atoms with Gasteiger partial charge in [-0.25, -0.2) is 0 Å². The fourth-order valence-electron chi connectivity index (χ4n) is 2.92. The van der Waals surface area contributed by atoms with E-state index in [9.17, 15) is 4.79 Å². The lowest BCUT2D eigenvalue weighted by Gasteiger charge is -2.36. The molecule has 2 heterocycles. The minimum Gasteiger partial charge on any atom is -0.369 e. The minimum absolute atomic E-state index is 0. The highest BCUT2D eigenvalue weighted by Crippen LogP contribution is 2.27. The molecule has 0 saturated carbocycles. The molecule has 17 heavy (non-hydrogen) atoms. The SMILES string of the molecule is CC1(CN2CCC(C(N)=O)CC2)CCNC1.Cl. The van der Waals surface area contributed by atoms with Crippen molar-refractivity contribution in [3.05, 3.63) is 0 Å². The van der Waals surface area contributed by atoms with Gasteiger partial charge >= 0.3 is 0 Å². The Labute approximate surface area is 110 Å². The van der Waals surface area contributed by atoms with Gasteiger partial charge in [0.15, 0.2) is 0 Å². The average Bonchev–Trinajstić information content (AvgIpc) is 2.65. The molecule has 0 aromatic rings. The number of piperidine rings is 1. The van der Waals surface area contributed by atoms with E-state index in [2.05, 4.69) is 17.1 Å². The molecule has 0 aliphatic carbocycles. The molecule has 0 radical (unpaired) electrons. The highest BCUT2D eigenvalue weighted by Gasteiger charge is 2.32. The summed E-state index contributed by atoms with van der Waals surface area (Å²) in [6.07, 6.45) is 3.15. The molecule has 0 spiro atoms. The maximum atomic E-state index is 11.1. The van der Waals surface area contributed by atoms with Crippen LogP contribution in [0, 0.1) is 11.3 Å². The smallest absolute Gasteiger partial charge is 0.220 e. The van der Waals surface area contributed by atoms with Gasteiger partial charge in [-0.05, 0) is 44.3 Å². The predicted octanol–water partition coefficient (Wildman–Crippen LogP) is 0.605. The second kappa shape index (κ2) is 6.03. The Hall–Kier alpha value is -0.320. The van der Waals surface area contributed by atoms with Gasteiger partial charge in [0.25, 0.3) is 0 Å². The van der Waals surface area contributed by atoms with Gasteiger partial charge < -0.3 is 16.0 Å². The van der Waals surface area contributed by atoms with Gasteiger partial charge in [0.05, 0.1) is 0 Å². The zero-order chi connectivity index (χ0) is 11.6. The van der Waals surface area contributed by atoms with E-state index in [1.54, 1.807) is 0 Å². The summed E-state index contributed by atoms with van der Waals surface area (Å²) in [5, 5.41) is 3.43. The molecule has 5 heteroatoms. The zero-order valence-electron chi connectivity index (χ0n) is 10.6. The Morgan fingerprint density at radius 2 is 2.12 bits per heavy atom. The summed E-state index contributed by atoms with van der Waals surface area (Å²) < 4.78 is 0. The van der Waals surface area contributed by atoms with Crippen molar-refractivity contribution in [2.45, 2.75) is 26.2 Å². The third-order valence-electron chi connectivity index (χ3n) is 4.05. The first kappa shape index (κ1) is 14.7. The highest BCUT2D eigenvalue weighted by atomic mass is 35.5. The first-order valence-corrected chi connectivity index (χ1v) is 6.31. The molecule has 1 unspecified atom stereocenters. The van der Waals surface area contributed by atoms with Gasteiger partial charge in [-0.2, -0.15) is 0 Å². The largest absolute Gasteiger partial charge is 0.369 e. The lowest BCUT2D eigenvalue weighted by Crippen LogP contribution is -2.44. The lowest BCUT2D eigenvalue weighted by molar-refractivity contribution is -0.123. The number of primary amides is 1. The summed E-state index contributed by atoms with van der Waals surface area (Å²) in [4.78, 5) is 13.6. The second-order valence-electron chi connectivity index (χ2n) is 5.69. The Bertz CT molecular complexity index is 258. The molecule has 2 aliphatic heterocycles. The molecule has 2 aliphatic rings. The molecule has 0 aromatic carbocycles. The molecule has 4 nitrogen and oxygen atoms in total. The van der Waals surface area contributed by atoms with Crippen molar-refractivity contribution in [3.63, 3.8) is 0 Å². The van der Waals surface area contributed by atoms with Crippen molar-refractivity contribution in [3.8, 4) is 0 Å². The van der Waals surface area contributed by atoms with Crippen LogP contribution in [0.15, 0.2) is 0 Å². The number of nitrogens with one attached hydrogen (secondary N) is 1. The summed E-state index contributed by atoms with van der Waals surface area (Å²) in [7, 11) is 0. The van der Waals surface area contributed by atoms with Crippen LogP contribution in [0.3, 0.4) is 0 Å². The highest BCUT2D eigenvalue weighted by molar-refractivity contribution is 5.85. The van der Waals surface area contributed by atoms with E-state index in [-0.39, 0.29) is 24.2 Å². The van der Waals surface area contributed by atoms with Crippen molar-refractivity contribution >= 4 is 18.3 Å². The number of amides is 1. The number of likely N-dealkylation sites (tertiary alicyclic amines) is 1. The normalized spacial score (nSPS) is 31.1. The Morgan fingerprint density at radius 1 is 1.47 bits per heavy atom. The second-order valence-corrected chi connectivity index (χ2v) is 5.69. The van der Waals surface area contributed by atoms with Gasteiger partial charge in [-0.1, -0.05) is 6.92 Å². The van der Waals surface area contributed by atoms with Crippen molar-refractivity contribution in [2.24, 2.45) is 17.1 Å². The number of hydrogen-bond acceptors (Lipinski definition) is 3. The van der Waals surface area contributed by atoms with E-state index >= 15 is 0 Å². The topological polar surface area (TPSA) is 58.4 Å². The van der Waals surface area contributed by atoms with Crippen LogP contribution in [0.25, 0.3) is 0 Å². The summed E-state index contributed by atoms with van der Waals surface area (Å²) in [6, 6.07) is 0. The first-order chi connectivity index (χ1) is 7.59. The molecular weight excluding hydrogens is 238 g/mol. The molecule has 1 amide bonds. The molecular formula is C12H24ClN3O. The molecule has 0 bridgehead atoms. The summed E-state index contributed by atoms with van der Waals surface area (Å²) in [5.41, 5.74) is 5.76. The number of rotatable bonds is 3. The van der Waals surface area contributed by atoms with Crippen LogP contribution >= 0.6 is 12.4 Å². The van der Waals surface area contributed by atoms with Gasteiger partial charge in [0.2, 0.25) is 5.91 Å². The fraction of sp³-hybridized carbons (Fsp3) is 0.917. The maximum Gasteiger partial charge on any atom is 0.220 e. The van der Waals surface area contributed by atoms with Gasteiger partial charge in [0.1, 0.15) is 0 Å². The van der Waals surface area contributed by atoms with Crippen LogP contribution < -0.4 is 11.1 Å². The summed E-state index contributed by atoms with van der Waals surface area (Å²) >= 11 is 0. The van der Waals surface area contributed by atoms with Crippen LogP contribution in [0.1, 0.15) is 26.2 Å². The van der Waals surface area contributed by atoms with Crippen molar-refractivity contribution < 1.29 is 4.79 Å². The van der Waals surface area contributed by atoms with E-state index < -0.39 is 0 Å². The number of nitrogens with zero attached hydrogens (tertiary/aromatic N) is 1. The van der Waals surface area contributed by atoms with Gasteiger partial charge in [0, 0.05) is 19.0 Å². The molecule has 3 N–H and O–H groups in total. The van der Waals surface area contributed by atoms with E-state index in [1.807, 2.05) is 0 Å². The molecule has 0 aromatic heterocycles. The lowest BCUT2D eigenvalue weighted by atomic mass is 9.87. The quantitative estimate of drug-likeness (QED) is 0.783. The predicted molar refractivity (Wildman–Crippen MR) is 71.2 cm³/mol. The first-order valence-electron chi connectivity index (χ1n) is 6.31. The fourth-order valence-corrected chi connectivity index (χ4v) is 2.92. The number of halogens is 1. The minimum atomic E-state index is -0.117. The number of hydrogen-bond donors (Lipinski definition) is 2. The van der Waals surface area contributed by atoms with E-state index in [0.717, 1.165) is 45.6 Å². The zero-order valence-corrected chi connectivity index (χ0v) is 11.4. The van der Waals surface area contributed by atoms with Gasteiger partial charge in [-0.15, -0.1) is 12.4 Å². The number of nitrogens with two attached hydrogens (primary N) is 1. The maximum absolute atomic E-state index is 11.1. The monoisotopic (exact) mass is 261 g/mol. The Balaban J connectivity index is 0.00000144. The number of carbonyl (C=O) groups excluding carboxylic acids is 1. The molecule has 1 atom stereocenters. The molecule has 2 saturated heterocycles. The van der Waals surface area contributed by atoms with Crippen molar-refractivity contribution in [1.29, 1.82) is 0 Å². The van der Waals surface area contributed by atoms with Crippen LogP contribution in [-0.4, -0.2) is 43.5 Å². The van der Waals surface area contributed by atoms with Crippen LogP contribution in [-0.2, 0) is 4.79 Å². The summed E-state index contributed by atoms with van der Waals surface area (Å²) in [5.74, 6) is -0.000783. The third kappa shape index (κ3) is 3.83. The average molecular weight is 262 g/mol. The van der Waals surface area contributed by atoms with Crippen molar-refractivity contribution in [2.75, 3.05) is 32.7 Å². The molecule has 100 valence electrons. The third-order valence-corrected chi connectivity index (χ3v) is 4.05. The molecule has 2 rings (SSSR count). The number of carbonyl (C=O) groups is 1. The van der Waals surface area contributed by atoms with E-state index in [0.29, 0.717) is 5.41 Å². The summed E-state index contributed by atoms with van der Waals surface area (Å²) in [6.45, 7) is 7.85. The van der Waals surface area contributed by atoms with E-state index in [4.69, 9.17) is 5.73 Å². The van der Waals surface area contributed by atoms with Crippen LogP contribution in [0.2, 0.25) is 0 Å². The van der Waals surface area contributed by atoms with Crippen LogP contribution in [0.4, 0.5) is 0 Å². The molecule has 2 fully saturated rings. The van der Waals surface area contributed by atoms with Crippen LogP contribution in [0.5, 0.6) is 0 Å². The Morgan fingerprint density at radius 3 is 2.59 bits per heavy atom. The Kier molecular flexibility index (Phi) is 5.22. The van der Waals surface area contributed by atoms with Gasteiger partial charge in [-0.3, -0.25) is 4.79 Å². The standard InChI is InChI=1S/C12H23N3O.ClH/c1-12(4-5-14-8-12)9-15-6-2-10(3-7-15)11(13)16;/h10,14H,2-9H2,1H3,(H2,13,16);1H.